The first-order valence-electron chi connectivity index (χ1n) is 7.71. The van der Waals surface area contributed by atoms with Crippen molar-refractivity contribution in [3.8, 4) is 17.2 Å². The van der Waals surface area contributed by atoms with Crippen molar-refractivity contribution in [2.45, 2.75) is 26.2 Å². The van der Waals surface area contributed by atoms with Crippen molar-refractivity contribution < 1.29 is 19.0 Å². The highest BCUT2D eigenvalue weighted by atomic mass is 16.5. The van der Waals surface area contributed by atoms with Gasteiger partial charge in [0.25, 0.3) is 0 Å². The summed E-state index contributed by atoms with van der Waals surface area (Å²) in [6.07, 6.45) is 4.05. The van der Waals surface area contributed by atoms with Crippen molar-refractivity contribution in [1.82, 2.24) is 10.3 Å². The number of hydrogen-bond donors (Lipinski definition) is 2. The van der Waals surface area contributed by atoms with Crippen LogP contribution >= 0.6 is 0 Å². The lowest BCUT2D eigenvalue weighted by Crippen LogP contribution is -2.25. The van der Waals surface area contributed by atoms with E-state index in [0.29, 0.717) is 36.6 Å². The van der Waals surface area contributed by atoms with Crippen LogP contribution in [0.1, 0.15) is 25.3 Å². The molecule has 2 aromatic rings. The molecule has 0 fully saturated rings. The fourth-order valence-corrected chi connectivity index (χ4v) is 2.68. The van der Waals surface area contributed by atoms with Crippen LogP contribution in [-0.4, -0.2) is 38.8 Å². The van der Waals surface area contributed by atoms with Gasteiger partial charge >= 0.3 is 0 Å². The number of aromatic nitrogens is 1. The summed E-state index contributed by atoms with van der Waals surface area (Å²) in [5, 5.41) is 3.88. The van der Waals surface area contributed by atoms with E-state index in [0.717, 1.165) is 22.9 Å². The molecule has 6 nitrogen and oxygen atoms in total. The fourth-order valence-electron chi connectivity index (χ4n) is 2.68. The van der Waals surface area contributed by atoms with E-state index in [1.165, 1.54) is 0 Å². The lowest BCUT2D eigenvalue weighted by molar-refractivity contribution is -0.121. The summed E-state index contributed by atoms with van der Waals surface area (Å²) < 4.78 is 16.3. The van der Waals surface area contributed by atoms with Gasteiger partial charge < -0.3 is 24.5 Å². The zero-order valence-corrected chi connectivity index (χ0v) is 14.1. The average Bonchev–Trinajstić information content (AvgIpc) is 2.96. The molecule has 126 valence electrons. The van der Waals surface area contributed by atoms with Gasteiger partial charge in [0, 0.05) is 30.6 Å². The molecule has 1 amide bonds. The summed E-state index contributed by atoms with van der Waals surface area (Å²) >= 11 is 0. The highest BCUT2D eigenvalue weighted by Gasteiger charge is 2.19. The Morgan fingerprint density at radius 3 is 2.52 bits per heavy atom. The van der Waals surface area contributed by atoms with Crippen molar-refractivity contribution in [3.63, 3.8) is 0 Å². The Labute approximate surface area is 136 Å². The van der Waals surface area contributed by atoms with Crippen LogP contribution < -0.4 is 19.5 Å². The molecule has 0 atom stereocenters. The number of methoxy groups -OCH3 is 3. The van der Waals surface area contributed by atoms with Gasteiger partial charge in [0.2, 0.25) is 11.7 Å². The minimum absolute atomic E-state index is 0.0820. The summed E-state index contributed by atoms with van der Waals surface area (Å²) in [5.41, 5.74) is 1.98. The summed E-state index contributed by atoms with van der Waals surface area (Å²) in [5.74, 6) is 1.90. The molecule has 0 aliphatic carbocycles. The molecule has 0 spiro atoms. The molecule has 0 bridgehead atoms. The van der Waals surface area contributed by atoms with E-state index < -0.39 is 0 Å². The average molecular weight is 320 g/mol. The van der Waals surface area contributed by atoms with Crippen LogP contribution in [0.2, 0.25) is 0 Å². The number of rotatable bonds is 8. The first kappa shape index (κ1) is 17.0. The number of carbonyl (C=O) groups excluding carboxylic acids is 1. The molecular formula is C17H24N2O4. The molecule has 0 aliphatic rings. The summed E-state index contributed by atoms with van der Waals surface area (Å²) in [4.78, 5) is 14.8. The maximum atomic E-state index is 11.6. The van der Waals surface area contributed by atoms with E-state index in [2.05, 4.69) is 10.3 Å². The van der Waals surface area contributed by atoms with E-state index in [1.54, 1.807) is 21.3 Å². The molecule has 2 rings (SSSR count). The quantitative estimate of drug-likeness (QED) is 0.784. The topological polar surface area (TPSA) is 72.6 Å². The van der Waals surface area contributed by atoms with Crippen molar-refractivity contribution in [3.05, 3.63) is 17.8 Å². The largest absolute Gasteiger partial charge is 0.493 e. The first-order valence-corrected chi connectivity index (χ1v) is 7.71. The minimum Gasteiger partial charge on any atom is -0.493 e. The second-order valence-corrected chi connectivity index (χ2v) is 5.23. The van der Waals surface area contributed by atoms with E-state index in [1.807, 2.05) is 19.2 Å². The van der Waals surface area contributed by atoms with Gasteiger partial charge in [-0.25, -0.2) is 0 Å². The Balaban J connectivity index is 2.29. The number of hydrogen-bond acceptors (Lipinski definition) is 4. The number of aromatic amines is 1. The zero-order valence-electron chi connectivity index (χ0n) is 14.1. The number of ether oxygens (including phenoxy) is 3. The van der Waals surface area contributed by atoms with Gasteiger partial charge in [-0.3, -0.25) is 4.79 Å². The smallest absolute Gasteiger partial charge is 0.219 e. The third kappa shape index (κ3) is 3.52. The second-order valence-electron chi connectivity index (χ2n) is 5.23. The Morgan fingerprint density at radius 1 is 1.17 bits per heavy atom. The highest BCUT2D eigenvalue weighted by molar-refractivity contribution is 5.94. The third-order valence-corrected chi connectivity index (χ3v) is 3.75. The lowest BCUT2D eigenvalue weighted by atomic mass is 10.1. The predicted octanol–water partition coefficient (Wildman–Crippen LogP) is 2.65. The number of amides is 1. The lowest BCUT2D eigenvalue weighted by Gasteiger charge is -2.14. The summed E-state index contributed by atoms with van der Waals surface area (Å²) in [6, 6.07) is 1.88. The van der Waals surface area contributed by atoms with Gasteiger partial charge in [-0.1, -0.05) is 6.92 Å². The third-order valence-electron chi connectivity index (χ3n) is 3.75. The summed E-state index contributed by atoms with van der Waals surface area (Å²) in [6.45, 7) is 2.58. The van der Waals surface area contributed by atoms with Gasteiger partial charge in [0.05, 0.1) is 26.8 Å². The fraction of sp³-hybridized carbons (Fsp3) is 0.471. The number of benzene rings is 1. The monoisotopic (exact) mass is 320 g/mol. The molecule has 6 heteroatoms. The Morgan fingerprint density at radius 2 is 1.91 bits per heavy atom. The normalized spacial score (nSPS) is 10.6. The summed E-state index contributed by atoms with van der Waals surface area (Å²) in [7, 11) is 4.79. The standard InChI is InChI=1S/C17H24N2O4/c1-5-6-14(20)18-8-7-11-10-19-12-9-13(21-2)16(22-3)17(23-4)15(11)12/h9-10,19H,5-8H2,1-4H3,(H,18,20). The van der Waals surface area contributed by atoms with Crippen LogP contribution in [0.3, 0.4) is 0 Å². The van der Waals surface area contributed by atoms with E-state index >= 15 is 0 Å². The van der Waals surface area contributed by atoms with Gasteiger partial charge in [-0.05, 0) is 18.4 Å². The maximum absolute atomic E-state index is 11.6. The number of H-pyrrole nitrogens is 1. The molecule has 0 saturated carbocycles. The van der Waals surface area contributed by atoms with Crippen molar-refractivity contribution in [2.75, 3.05) is 27.9 Å². The Hall–Kier alpha value is -2.37. The van der Waals surface area contributed by atoms with Crippen LogP contribution in [0.5, 0.6) is 17.2 Å². The number of carbonyl (C=O) groups is 1. The molecule has 0 aliphatic heterocycles. The molecule has 0 saturated heterocycles. The molecule has 0 radical (unpaired) electrons. The first-order chi connectivity index (χ1) is 11.2. The van der Waals surface area contributed by atoms with Crippen LogP contribution in [0.4, 0.5) is 0 Å². The minimum atomic E-state index is 0.0820. The molecule has 0 unspecified atom stereocenters. The zero-order chi connectivity index (χ0) is 16.8. The van der Waals surface area contributed by atoms with Gasteiger partial charge in [0.15, 0.2) is 11.5 Å². The Kier molecular flexibility index (Phi) is 5.73. The predicted molar refractivity (Wildman–Crippen MR) is 89.6 cm³/mol. The van der Waals surface area contributed by atoms with Crippen molar-refractivity contribution in [2.24, 2.45) is 0 Å². The molecule has 1 aromatic heterocycles. The Bertz CT molecular complexity index is 679. The SMILES string of the molecule is CCCC(=O)NCCc1c[nH]c2cc(OC)c(OC)c(OC)c12. The van der Waals surface area contributed by atoms with Crippen molar-refractivity contribution in [1.29, 1.82) is 0 Å². The van der Waals surface area contributed by atoms with Crippen molar-refractivity contribution >= 4 is 16.8 Å². The van der Waals surface area contributed by atoms with Crippen LogP contribution in [0.25, 0.3) is 10.9 Å². The molecule has 1 aromatic carbocycles. The molecule has 2 N–H and O–H groups in total. The van der Waals surface area contributed by atoms with E-state index in [4.69, 9.17) is 14.2 Å². The maximum Gasteiger partial charge on any atom is 0.219 e. The molecule has 1 heterocycles. The van der Waals surface area contributed by atoms with Crippen LogP contribution in [0, 0.1) is 0 Å². The van der Waals surface area contributed by atoms with Gasteiger partial charge in [-0.2, -0.15) is 0 Å². The van der Waals surface area contributed by atoms with Crippen LogP contribution in [-0.2, 0) is 11.2 Å². The van der Waals surface area contributed by atoms with Gasteiger partial charge in [0.1, 0.15) is 0 Å². The molecule has 23 heavy (non-hydrogen) atoms. The molecular weight excluding hydrogens is 296 g/mol. The number of fused-ring (bicyclic) bond motifs is 1. The number of nitrogens with one attached hydrogen (secondary N) is 2. The second kappa shape index (κ2) is 7.76. The highest BCUT2D eigenvalue weighted by Crippen LogP contribution is 2.44. The van der Waals surface area contributed by atoms with Gasteiger partial charge in [-0.15, -0.1) is 0 Å². The van der Waals surface area contributed by atoms with Crippen LogP contribution in [0.15, 0.2) is 12.3 Å². The van der Waals surface area contributed by atoms with E-state index in [-0.39, 0.29) is 5.91 Å². The van der Waals surface area contributed by atoms with E-state index in [9.17, 15) is 4.79 Å².